The number of benzene rings is 1. The van der Waals surface area contributed by atoms with Gasteiger partial charge in [0, 0.05) is 30.7 Å². The molecular weight excluding hydrogens is 369 g/mol. The Hall–Kier alpha value is -3.42. The third-order valence-electron chi connectivity index (χ3n) is 4.55. The summed E-state index contributed by atoms with van der Waals surface area (Å²) in [4.78, 5) is 21.6. The predicted octanol–water partition coefficient (Wildman–Crippen LogP) is 4.12. The molecule has 0 spiro atoms. The van der Waals surface area contributed by atoms with Gasteiger partial charge < -0.3 is 10.2 Å². The number of anilines is 2. The summed E-state index contributed by atoms with van der Waals surface area (Å²) in [5.74, 6) is 0.516. The van der Waals surface area contributed by atoms with Gasteiger partial charge in [0.2, 0.25) is 0 Å². The highest BCUT2D eigenvalue weighted by Gasteiger charge is 2.32. The second-order valence-electron chi connectivity index (χ2n) is 6.38. The zero-order valence-corrected chi connectivity index (χ0v) is 14.5. The van der Waals surface area contributed by atoms with E-state index in [0.29, 0.717) is 29.2 Å². The first-order chi connectivity index (χ1) is 13.5. The largest absolute Gasteiger partial charge is 0.416 e. The third-order valence-corrected chi connectivity index (χ3v) is 4.55. The van der Waals surface area contributed by atoms with Gasteiger partial charge in [0.15, 0.2) is 18.3 Å². The van der Waals surface area contributed by atoms with Gasteiger partial charge in [0.1, 0.15) is 0 Å². The molecule has 0 saturated heterocycles. The third kappa shape index (κ3) is 3.40. The number of aromatic nitrogens is 2. The minimum atomic E-state index is -4.42. The zero-order chi connectivity index (χ0) is 19.7. The van der Waals surface area contributed by atoms with E-state index in [1.165, 1.54) is 12.3 Å². The molecule has 1 aliphatic heterocycles. The van der Waals surface area contributed by atoms with Gasteiger partial charge >= 0.3 is 6.18 Å². The van der Waals surface area contributed by atoms with Gasteiger partial charge in [-0.2, -0.15) is 13.2 Å². The van der Waals surface area contributed by atoms with Crippen LogP contribution in [0.3, 0.4) is 0 Å². The fraction of sp³-hybridized carbons (Fsp3) is 0.150. The van der Waals surface area contributed by atoms with Crippen LogP contribution in [0.4, 0.5) is 24.7 Å². The number of halogens is 3. The summed E-state index contributed by atoms with van der Waals surface area (Å²) in [5, 5.41) is 3.02. The van der Waals surface area contributed by atoms with Crippen molar-refractivity contribution < 1.29 is 18.0 Å². The molecule has 1 atom stereocenters. The maximum Gasteiger partial charge on any atom is 0.416 e. The molecule has 142 valence electrons. The Balaban J connectivity index is 1.72. The predicted molar refractivity (Wildman–Crippen MR) is 98.6 cm³/mol. The van der Waals surface area contributed by atoms with Crippen molar-refractivity contribution in [3.05, 3.63) is 72.2 Å². The van der Waals surface area contributed by atoms with Crippen molar-refractivity contribution >= 4 is 17.8 Å². The molecule has 0 radical (unpaired) electrons. The van der Waals surface area contributed by atoms with Crippen LogP contribution in [0, 0.1) is 0 Å². The lowest BCUT2D eigenvalue weighted by Crippen LogP contribution is -2.36. The molecule has 4 rings (SSSR count). The Labute approximate surface area is 158 Å². The van der Waals surface area contributed by atoms with E-state index in [1.807, 2.05) is 17.0 Å². The quantitative estimate of drug-likeness (QED) is 0.686. The molecule has 5 nitrogen and oxygen atoms in total. The summed E-state index contributed by atoms with van der Waals surface area (Å²) in [6.07, 6.45) is 0.566. The van der Waals surface area contributed by atoms with Crippen LogP contribution in [0.15, 0.2) is 61.1 Å². The van der Waals surface area contributed by atoms with Gasteiger partial charge in [-0.1, -0.05) is 12.1 Å². The Morgan fingerprint density at radius 2 is 1.89 bits per heavy atom. The number of nitrogens with zero attached hydrogens (tertiary/aromatic N) is 3. The van der Waals surface area contributed by atoms with Crippen LogP contribution in [0.1, 0.15) is 11.1 Å². The van der Waals surface area contributed by atoms with Crippen molar-refractivity contribution in [2.24, 2.45) is 0 Å². The molecule has 2 aromatic heterocycles. The Morgan fingerprint density at radius 1 is 1.11 bits per heavy atom. The topological polar surface area (TPSA) is 58.1 Å². The molecule has 1 aliphatic rings. The summed E-state index contributed by atoms with van der Waals surface area (Å²) in [7, 11) is 0. The number of carbonyl (C=O) groups is 1. The summed E-state index contributed by atoms with van der Waals surface area (Å²) >= 11 is 0. The van der Waals surface area contributed by atoms with Gasteiger partial charge in [0.05, 0.1) is 11.3 Å². The molecule has 0 amide bonds. The lowest BCUT2D eigenvalue weighted by Gasteiger charge is -2.23. The van der Waals surface area contributed by atoms with E-state index in [4.69, 9.17) is 0 Å². The van der Waals surface area contributed by atoms with E-state index in [9.17, 15) is 18.0 Å². The fourth-order valence-electron chi connectivity index (χ4n) is 3.16. The maximum atomic E-state index is 13.0. The highest BCUT2D eigenvalue weighted by molar-refractivity contribution is 5.85. The van der Waals surface area contributed by atoms with Crippen molar-refractivity contribution in [1.29, 1.82) is 0 Å². The average Bonchev–Trinajstić information content (AvgIpc) is 3.05. The minimum Gasteiger partial charge on any atom is -0.342 e. The summed E-state index contributed by atoms with van der Waals surface area (Å²) in [5.41, 5.74) is 1.83. The first kappa shape index (κ1) is 18.0. The van der Waals surface area contributed by atoms with Crippen molar-refractivity contribution in [1.82, 2.24) is 9.97 Å². The van der Waals surface area contributed by atoms with E-state index >= 15 is 0 Å². The Kier molecular flexibility index (Phi) is 4.46. The SMILES string of the molecule is O=CC1Nc2ncc(-c3cccc(C(F)(F)F)c3)cc2N1Cc1ccncc1. The highest BCUT2D eigenvalue weighted by Crippen LogP contribution is 2.38. The molecule has 28 heavy (non-hydrogen) atoms. The standard InChI is InChI=1S/C20H15F3N4O/c21-20(22,23)16-3-1-2-14(8-16)15-9-17-19(25-10-15)26-18(12-28)27(17)11-13-4-6-24-7-5-13/h1-10,12,18H,11H2,(H,25,26). The smallest absolute Gasteiger partial charge is 0.342 e. The van der Waals surface area contributed by atoms with E-state index in [2.05, 4.69) is 15.3 Å². The maximum absolute atomic E-state index is 13.0. The lowest BCUT2D eigenvalue weighted by molar-refractivity contribution is -0.137. The molecule has 1 aromatic carbocycles. The second-order valence-corrected chi connectivity index (χ2v) is 6.38. The number of rotatable bonds is 4. The van der Waals surface area contributed by atoms with Crippen LogP contribution >= 0.6 is 0 Å². The van der Waals surface area contributed by atoms with Crippen molar-refractivity contribution in [2.45, 2.75) is 18.9 Å². The van der Waals surface area contributed by atoms with E-state index in [-0.39, 0.29) is 0 Å². The number of pyridine rings is 2. The monoisotopic (exact) mass is 384 g/mol. The molecule has 0 fully saturated rings. The van der Waals surface area contributed by atoms with Crippen LogP contribution in [0.25, 0.3) is 11.1 Å². The number of hydrogen-bond acceptors (Lipinski definition) is 5. The van der Waals surface area contributed by atoms with Gasteiger partial charge in [-0.25, -0.2) is 4.98 Å². The summed E-state index contributed by atoms with van der Waals surface area (Å²) in [6, 6.07) is 10.5. The molecule has 0 aliphatic carbocycles. The van der Waals surface area contributed by atoms with E-state index < -0.39 is 17.9 Å². The molecule has 0 bridgehead atoms. The second kappa shape index (κ2) is 6.95. The lowest BCUT2D eigenvalue weighted by atomic mass is 10.0. The van der Waals surface area contributed by atoms with Crippen LogP contribution in [0.5, 0.6) is 0 Å². The average molecular weight is 384 g/mol. The molecule has 8 heteroatoms. The van der Waals surface area contributed by atoms with Crippen LogP contribution in [-0.4, -0.2) is 22.4 Å². The van der Waals surface area contributed by atoms with Crippen LogP contribution < -0.4 is 10.2 Å². The highest BCUT2D eigenvalue weighted by atomic mass is 19.4. The zero-order valence-electron chi connectivity index (χ0n) is 14.5. The molecule has 3 aromatic rings. The number of fused-ring (bicyclic) bond motifs is 1. The van der Waals surface area contributed by atoms with Gasteiger partial charge in [-0.15, -0.1) is 0 Å². The normalized spacial score (nSPS) is 15.8. The van der Waals surface area contributed by atoms with Crippen LogP contribution in [0.2, 0.25) is 0 Å². The van der Waals surface area contributed by atoms with Crippen molar-refractivity contribution in [3.8, 4) is 11.1 Å². The van der Waals surface area contributed by atoms with Gasteiger partial charge in [-0.05, 0) is 41.5 Å². The molecule has 3 heterocycles. The first-order valence-corrected chi connectivity index (χ1v) is 8.51. The number of hydrogen-bond donors (Lipinski definition) is 1. The van der Waals surface area contributed by atoms with E-state index in [0.717, 1.165) is 24.0 Å². The summed E-state index contributed by atoms with van der Waals surface area (Å²) < 4.78 is 39.1. The summed E-state index contributed by atoms with van der Waals surface area (Å²) in [6.45, 7) is 0.430. The number of aldehydes is 1. The van der Waals surface area contributed by atoms with Crippen molar-refractivity contribution in [2.75, 3.05) is 10.2 Å². The Morgan fingerprint density at radius 3 is 2.61 bits per heavy atom. The number of nitrogens with one attached hydrogen (secondary N) is 1. The fourth-order valence-corrected chi connectivity index (χ4v) is 3.16. The minimum absolute atomic E-state index is 0.406. The Bertz CT molecular complexity index is 1010. The van der Waals surface area contributed by atoms with Crippen molar-refractivity contribution in [3.63, 3.8) is 0 Å². The van der Waals surface area contributed by atoms with Gasteiger partial charge in [-0.3, -0.25) is 9.78 Å². The van der Waals surface area contributed by atoms with E-state index in [1.54, 1.807) is 24.5 Å². The van der Waals surface area contributed by atoms with Crippen LogP contribution in [-0.2, 0) is 17.5 Å². The molecular formula is C20H15F3N4O. The number of alkyl halides is 3. The number of carbonyl (C=O) groups excluding carboxylic acids is 1. The molecule has 0 saturated carbocycles. The van der Waals surface area contributed by atoms with Gasteiger partial charge in [0.25, 0.3) is 0 Å². The molecule has 1 N–H and O–H groups in total. The first-order valence-electron chi connectivity index (χ1n) is 8.51. The molecule has 1 unspecified atom stereocenters.